The monoisotopic (exact) mass is 405 g/mol. The van der Waals surface area contributed by atoms with Gasteiger partial charge in [-0.1, -0.05) is 36.4 Å². The number of methoxy groups -OCH3 is 1. The maximum absolute atomic E-state index is 13.0. The lowest BCUT2D eigenvalue weighted by Gasteiger charge is -2.46. The van der Waals surface area contributed by atoms with Crippen molar-refractivity contribution in [2.45, 2.75) is 30.8 Å². The number of carbonyl (C=O) groups is 3. The van der Waals surface area contributed by atoms with Crippen molar-refractivity contribution < 1.29 is 19.1 Å². The summed E-state index contributed by atoms with van der Waals surface area (Å²) in [6, 6.07) is 15.1. The lowest BCUT2D eigenvalue weighted by atomic mass is 9.62. The van der Waals surface area contributed by atoms with E-state index in [-0.39, 0.29) is 24.3 Å². The van der Waals surface area contributed by atoms with E-state index in [0.29, 0.717) is 23.8 Å². The Balaban J connectivity index is 1.38. The molecule has 2 heterocycles. The Hall–Kier alpha value is -3.35. The predicted octanol–water partition coefficient (Wildman–Crippen LogP) is 2.42. The minimum absolute atomic E-state index is 0.0276. The molecule has 5 rings (SSSR count). The summed E-state index contributed by atoms with van der Waals surface area (Å²) in [4.78, 5) is 39.6. The number of carbonyl (C=O) groups excluding carboxylic acids is 3. The van der Waals surface area contributed by atoms with Crippen molar-refractivity contribution in [2.24, 2.45) is 5.92 Å². The summed E-state index contributed by atoms with van der Waals surface area (Å²) in [5.41, 5.74) is 1.64. The van der Waals surface area contributed by atoms with Crippen LogP contribution >= 0.6 is 0 Å². The van der Waals surface area contributed by atoms with E-state index in [1.807, 2.05) is 30.3 Å². The van der Waals surface area contributed by atoms with Crippen LogP contribution in [-0.4, -0.2) is 41.9 Å². The van der Waals surface area contributed by atoms with E-state index < -0.39 is 11.6 Å². The van der Waals surface area contributed by atoms with E-state index in [0.717, 1.165) is 18.4 Å². The van der Waals surface area contributed by atoms with Gasteiger partial charge in [-0.2, -0.15) is 0 Å². The van der Waals surface area contributed by atoms with Gasteiger partial charge in [0.05, 0.1) is 13.7 Å². The maximum atomic E-state index is 13.0. The van der Waals surface area contributed by atoms with Crippen LogP contribution in [0.1, 0.15) is 40.2 Å². The number of hydrogen-bond donors (Lipinski definition) is 2. The molecule has 0 bridgehead atoms. The highest BCUT2D eigenvalue weighted by atomic mass is 16.5. The molecule has 2 aromatic rings. The van der Waals surface area contributed by atoms with Gasteiger partial charge in [0.1, 0.15) is 11.3 Å². The summed E-state index contributed by atoms with van der Waals surface area (Å²) >= 11 is 0. The summed E-state index contributed by atoms with van der Waals surface area (Å²) in [5.74, 6) is 0.464. The van der Waals surface area contributed by atoms with Crippen LogP contribution in [-0.2, 0) is 11.3 Å². The van der Waals surface area contributed by atoms with Gasteiger partial charge in [0, 0.05) is 12.1 Å². The molecule has 2 fully saturated rings. The molecular formula is C23H23N3O4. The van der Waals surface area contributed by atoms with Gasteiger partial charge < -0.3 is 15.0 Å². The minimum Gasteiger partial charge on any atom is -0.497 e. The summed E-state index contributed by atoms with van der Waals surface area (Å²) in [6.45, 7) is 0.574. The Morgan fingerprint density at radius 3 is 2.53 bits per heavy atom. The van der Waals surface area contributed by atoms with Crippen molar-refractivity contribution >= 4 is 17.8 Å². The van der Waals surface area contributed by atoms with E-state index in [1.54, 1.807) is 18.1 Å². The first-order chi connectivity index (χ1) is 14.5. The zero-order valence-corrected chi connectivity index (χ0v) is 16.7. The normalized spacial score (nSPS) is 27.4. The summed E-state index contributed by atoms with van der Waals surface area (Å²) in [5, 5.41) is 5.26. The van der Waals surface area contributed by atoms with Crippen LogP contribution < -0.4 is 15.4 Å². The molecule has 3 aliphatic rings. The fourth-order valence-electron chi connectivity index (χ4n) is 4.95. The third kappa shape index (κ3) is 2.84. The Kier molecular flexibility index (Phi) is 4.27. The molecule has 154 valence electrons. The van der Waals surface area contributed by atoms with E-state index in [1.165, 1.54) is 5.56 Å². The average molecular weight is 405 g/mol. The summed E-state index contributed by atoms with van der Waals surface area (Å²) in [7, 11) is 1.56. The number of benzene rings is 2. The molecule has 1 saturated heterocycles. The number of rotatable bonds is 5. The topological polar surface area (TPSA) is 87.7 Å². The van der Waals surface area contributed by atoms with Crippen LogP contribution in [0.3, 0.4) is 0 Å². The molecule has 2 N–H and O–H groups in total. The molecule has 1 atom stereocenters. The number of amides is 4. The molecule has 30 heavy (non-hydrogen) atoms. The van der Waals surface area contributed by atoms with Gasteiger partial charge in [-0.25, -0.2) is 4.79 Å². The lowest BCUT2D eigenvalue weighted by Crippen LogP contribution is -2.62. The highest BCUT2D eigenvalue weighted by Gasteiger charge is 2.57. The van der Waals surface area contributed by atoms with E-state index in [2.05, 4.69) is 22.8 Å². The van der Waals surface area contributed by atoms with Crippen molar-refractivity contribution in [3.63, 3.8) is 0 Å². The van der Waals surface area contributed by atoms with Crippen molar-refractivity contribution in [2.75, 3.05) is 13.7 Å². The van der Waals surface area contributed by atoms with E-state index in [9.17, 15) is 14.4 Å². The smallest absolute Gasteiger partial charge is 0.322 e. The second kappa shape index (κ2) is 6.86. The second-order valence-electron chi connectivity index (χ2n) is 8.34. The van der Waals surface area contributed by atoms with Gasteiger partial charge in [-0.05, 0) is 47.9 Å². The molecule has 0 aromatic heterocycles. The first-order valence-corrected chi connectivity index (χ1v) is 10.1. The molecule has 7 nitrogen and oxygen atoms in total. The zero-order chi connectivity index (χ0) is 20.9. The molecule has 7 heteroatoms. The van der Waals surface area contributed by atoms with E-state index in [4.69, 9.17) is 4.74 Å². The molecule has 2 aromatic carbocycles. The zero-order valence-electron chi connectivity index (χ0n) is 16.7. The first kappa shape index (κ1) is 18.7. The van der Waals surface area contributed by atoms with Crippen LogP contribution in [0.2, 0.25) is 0 Å². The number of imide groups is 1. The number of nitrogens with one attached hydrogen (secondary N) is 2. The highest BCUT2D eigenvalue weighted by Crippen LogP contribution is 2.48. The van der Waals surface area contributed by atoms with Crippen molar-refractivity contribution in [1.82, 2.24) is 15.5 Å². The third-order valence-corrected chi connectivity index (χ3v) is 6.71. The summed E-state index contributed by atoms with van der Waals surface area (Å²) < 4.78 is 5.23. The van der Waals surface area contributed by atoms with Crippen molar-refractivity contribution in [3.05, 3.63) is 65.2 Å². The SMILES string of the molecule is COc1ccc2c(c1)C(=O)N(CC1([C@H]3C[C@@H](c4ccccc4)C3)NC(=O)NC1=O)C2. The van der Waals surface area contributed by atoms with Crippen LogP contribution in [0.5, 0.6) is 5.75 Å². The van der Waals surface area contributed by atoms with Crippen LogP contribution in [0, 0.1) is 5.92 Å². The molecule has 2 aliphatic heterocycles. The molecular weight excluding hydrogens is 382 g/mol. The number of hydrogen-bond acceptors (Lipinski definition) is 4. The molecule has 1 saturated carbocycles. The number of fused-ring (bicyclic) bond motifs is 1. The Labute approximate surface area is 174 Å². The van der Waals surface area contributed by atoms with Gasteiger partial charge >= 0.3 is 6.03 Å². The molecule has 0 radical (unpaired) electrons. The Bertz CT molecular complexity index is 1030. The van der Waals surface area contributed by atoms with Gasteiger partial charge in [0.2, 0.25) is 0 Å². The largest absolute Gasteiger partial charge is 0.497 e. The first-order valence-electron chi connectivity index (χ1n) is 10.1. The summed E-state index contributed by atoms with van der Waals surface area (Å²) in [6.07, 6.45) is 1.58. The molecule has 4 amide bonds. The van der Waals surface area contributed by atoms with Gasteiger partial charge in [-0.3, -0.25) is 14.9 Å². The average Bonchev–Trinajstić information content (AvgIpc) is 3.17. The molecule has 1 unspecified atom stereocenters. The fourth-order valence-corrected chi connectivity index (χ4v) is 4.95. The predicted molar refractivity (Wildman–Crippen MR) is 109 cm³/mol. The van der Waals surface area contributed by atoms with Gasteiger partial charge in [0.25, 0.3) is 11.8 Å². The highest BCUT2D eigenvalue weighted by molar-refractivity contribution is 6.08. The number of urea groups is 1. The van der Waals surface area contributed by atoms with Crippen LogP contribution in [0.4, 0.5) is 4.79 Å². The Morgan fingerprint density at radius 1 is 1.10 bits per heavy atom. The third-order valence-electron chi connectivity index (χ3n) is 6.71. The molecule has 0 spiro atoms. The lowest BCUT2D eigenvalue weighted by molar-refractivity contribution is -0.128. The van der Waals surface area contributed by atoms with Crippen LogP contribution in [0.25, 0.3) is 0 Å². The van der Waals surface area contributed by atoms with Gasteiger partial charge in [-0.15, -0.1) is 0 Å². The maximum Gasteiger partial charge on any atom is 0.322 e. The van der Waals surface area contributed by atoms with E-state index >= 15 is 0 Å². The minimum atomic E-state index is -1.09. The fraction of sp³-hybridized carbons (Fsp3) is 0.348. The van der Waals surface area contributed by atoms with Crippen LogP contribution in [0.15, 0.2) is 48.5 Å². The number of nitrogens with zero attached hydrogens (tertiary/aromatic N) is 1. The van der Waals surface area contributed by atoms with Gasteiger partial charge in [0.15, 0.2) is 0 Å². The number of ether oxygens (including phenoxy) is 1. The second-order valence-corrected chi connectivity index (χ2v) is 8.34. The molecule has 1 aliphatic carbocycles. The Morgan fingerprint density at radius 2 is 1.87 bits per heavy atom. The quantitative estimate of drug-likeness (QED) is 0.748. The standard InChI is InChI=1S/C23H23N3O4/c1-30-18-8-7-15-12-26(20(27)19(15)11-18)13-23(21(28)24-22(29)25-23)17-9-16(10-17)14-5-3-2-4-6-14/h2-8,11,16-17H,9-10,12-13H2,1H3,(H2,24,25,28,29)/t16-,17+,23?. The van der Waals surface area contributed by atoms with Crippen molar-refractivity contribution in [1.29, 1.82) is 0 Å². The van der Waals surface area contributed by atoms with Crippen molar-refractivity contribution in [3.8, 4) is 5.75 Å².